The summed E-state index contributed by atoms with van der Waals surface area (Å²) in [4.78, 5) is 14.7. The average Bonchev–Trinajstić information content (AvgIpc) is 3.04. The van der Waals surface area contributed by atoms with Crippen LogP contribution in [-0.2, 0) is 13.1 Å². The van der Waals surface area contributed by atoms with Gasteiger partial charge in [-0.3, -0.25) is 9.69 Å². The Morgan fingerprint density at radius 3 is 2.58 bits per heavy atom. The molecule has 0 aromatic heterocycles. The van der Waals surface area contributed by atoms with E-state index in [0.717, 1.165) is 43.8 Å². The van der Waals surface area contributed by atoms with Crippen LogP contribution in [0.1, 0.15) is 52.2 Å². The van der Waals surface area contributed by atoms with Crippen LogP contribution in [0.3, 0.4) is 0 Å². The van der Waals surface area contributed by atoms with E-state index in [1.54, 1.807) is 7.11 Å². The molecule has 4 rings (SSSR count). The number of ether oxygens (including phenoxy) is 1. The van der Waals surface area contributed by atoms with Gasteiger partial charge < -0.3 is 4.74 Å². The van der Waals surface area contributed by atoms with E-state index in [0.29, 0.717) is 12.3 Å². The minimum Gasteiger partial charge on any atom is -0.497 e. The molecular formula is C21H23NO2. The molecule has 1 heterocycles. The van der Waals surface area contributed by atoms with Gasteiger partial charge in [-0.05, 0) is 60.2 Å². The van der Waals surface area contributed by atoms with Gasteiger partial charge in [0, 0.05) is 25.1 Å². The third-order valence-electron chi connectivity index (χ3n) is 5.42. The van der Waals surface area contributed by atoms with Crippen LogP contribution < -0.4 is 4.74 Å². The van der Waals surface area contributed by atoms with E-state index < -0.39 is 0 Å². The van der Waals surface area contributed by atoms with E-state index in [1.807, 2.05) is 12.1 Å². The number of benzene rings is 2. The maximum absolute atomic E-state index is 12.2. The maximum Gasteiger partial charge on any atom is 0.163 e. The van der Waals surface area contributed by atoms with Gasteiger partial charge in [0.05, 0.1) is 7.11 Å². The second-order valence-electron chi connectivity index (χ2n) is 6.88. The van der Waals surface area contributed by atoms with Gasteiger partial charge in [-0.25, -0.2) is 0 Å². The van der Waals surface area contributed by atoms with Gasteiger partial charge in [0.2, 0.25) is 0 Å². The molecule has 0 bridgehead atoms. The van der Waals surface area contributed by atoms with Gasteiger partial charge >= 0.3 is 0 Å². The normalized spacial score (nSPS) is 19.9. The molecule has 0 N–H and O–H groups in total. The molecule has 3 nitrogen and oxygen atoms in total. The number of hydrogen-bond donors (Lipinski definition) is 0. The second kappa shape index (κ2) is 6.40. The van der Waals surface area contributed by atoms with Crippen LogP contribution >= 0.6 is 0 Å². The van der Waals surface area contributed by atoms with Crippen LogP contribution in [0.25, 0.3) is 0 Å². The standard InChI is InChI=1S/C21H23NO2/c1-24-18-7-8-19-20(12-18)15(6-9-21(19)23)10-11-22-13-16-4-2-3-5-17(16)14-22/h2-5,7-8,12,15H,6,9-11,13-14H2,1H3. The van der Waals surface area contributed by atoms with Crippen LogP contribution in [0, 0.1) is 0 Å². The zero-order valence-corrected chi connectivity index (χ0v) is 14.1. The molecule has 0 saturated carbocycles. The van der Waals surface area contributed by atoms with Crippen LogP contribution in [0.15, 0.2) is 42.5 Å². The third kappa shape index (κ3) is 2.84. The van der Waals surface area contributed by atoms with Crippen LogP contribution in [-0.4, -0.2) is 24.3 Å². The molecule has 24 heavy (non-hydrogen) atoms. The molecule has 0 spiro atoms. The highest BCUT2D eigenvalue weighted by molar-refractivity contribution is 5.99. The van der Waals surface area contributed by atoms with E-state index in [-0.39, 0.29) is 5.78 Å². The maximum atomic E-state index is 12.2. The highest BCUT2D eigenvalue weighted by Gasteiger charge is 2.27. The molecule has 1 atom stereocenters. The topological polar surface area (TPSA) is 29.5 Å². The fourth-order valence-electron chi connectivity index (χ4n) is 4.06. The van der Waals surface area contributed by atoms with E-state index >= 15 is 0 Å². The molecule has 2 aromatic rings. The highest BCUT2D eigenvalue weighted by Crippen LogP contribution is 2.36. The summed E-state index contributed by atoms with van der Waals surface area (Å²) >= 11 is 0. The first-order valence-corrected chi connectivity index (χ1v) is 8.75. The number of fused-ring (bicyclic) bond motifs is 2. The van der Waals surface area contributed by atoms with Crippen LogP contribution in [0.5, 0.6) is 5.75 Å². The van der Waals surface area contributed by atoms with Gasteiger partial charge in [0.25, 0.3) is 0 Å². The Bertz CT molecular complexity index is 743. The van der Waals surface area contributed by atoms with Crippen molar-refractivity contribution in [3.05, 3.63) is 64.7 Å². The zero-order valence-electron chi connectivity index (χ0n) is 14.1. The fraction of sp³-hybridized carbons (Fsp3) is 0.381. The number of Topliss-reactive ketones (excluding diaryl/α,β-unsaturated/α-hetero) is 1. The SMILES string of the molecule is COc1ccc2c(c1)C(CCN1Cc3ccccc3C1)CCC2=O. The first-order valence-electron chi connectivity index (χ1n) is 8.75. The second-order valence-corrected chi connectivity index (χ2v) is 6.88. The minimum atomic E-state index is 0.275. The lowest BCUT2D eigenvalue weighted by atomic mass is 9.80. The Morgan fingerprint density at radius 1 is 1.12 bits per heavy atom. The lowest BCUT2D eigenvalue weighted by Crippen LogP contribution is -2.23. The number of rotatable bonds is 4. The van der Waals surface area contributed by atoms with Crippen molar-refractivity contribution in [3.63, 3.8) is 0 Å². The Balaban J connectivity index is 1.47. The molecule has 124 valence electrons. The number of carbonyl (C=O) groups is 1. The summed E-state index contributed by atoms with van der Waals surface area (Å²) in [5.74, 6) is 1.58. The summed E-state index contributed by atoms with van der Waals surface area (Å²) in [7, 11) is 1.68. The van der Waals surface area contributed by atoms with E-state index in [9.17, 15) is 4.79 Å². The predicted molar refractivity (Wildman–Crippen MR) is 94.5 cm³/mol. The number of hydrogen-bond acceptors (Lipinski definition) is 3. The van der Waals surface area contributed by atoms with Crippen molar-refractivity contribution in [2.75, 3.05) is 13.7 Å². The molecule has 3 heteroatoms. The molecule has 0 radical (unpaired) electrons. The summed E-state index contributed by atoms with van der Waals surface area (Å²) < 4.78 is 5.36. The van der Waals surface area contributed by atoms with Crippen molar-refractivity contribution < 1.29 is 9.53 Å². The first kappa shape index (κ1) is 15.4. The van der Waals surface area contributed by atoms with Gasteiger partial charge in [-0.1, -0.05) is 24.3 Å². The van der Waals surface area contributed by atoms with Gasteiger partial charge in [-0.2, -0.15) is 0 Å². The van der Waals surface area contributed by atoms with E-state index in [4.69, 9.17) is 4.74 Å². The summed E-state index contributed by atoms with van der Waals surface area (Å²) in [6.45, 7) is 3.17. The van der Waals surface area contributed by atoms with Crippen LogP contribution in [0.4, 0.5) is 0 Å². The summed E-state index contributed by atoms with van der Waals surface area (Å²) in [6, 6.07) is 14.6. The smallest absolute Gasteiger partial charge is 0.163 e. The molecule has 2 aromatic carbocycles. The van der Waals surface area contributed by atoms with E-state index in [2.05, 4.69) is 35.2 Å². The Labute approximate surface area is 143 Å². The lowest BCUT2D eigenvalue weighted by molar-refractivity contribution is 0.0964. The van der Waals surface area contributed by atoms with Crippen molar-refractivity contribution in [1.82, 2.24) is 4.90 Å². The highest BCUT2D eigenvalue weighted by atomic mass is 16.5. The summed E-state index contributed by atoms with van der Waals surface area (Å²) in [6.07, 6.45) is 2.73. The number of nitrogens with zero attached hydrogens (tertiary/aromatic N) is 1. The summed E-state index contributed by atoms with van der Waals surface area (Å²) in [5, 5.41) is 0. The molecule has 2 aliphatic rings. The molecule has 0 amide bonds. The molecule has 0 saturated heterocycles. The van der Waals surface area contributed by atoms with Crippen molar-refractivity contribution in [3.8, 4) is 5.75 Å². The van der Waals surface area contributed by atoms with E-state index in [1.165, 1.54) is 16.7 Å². The minimum absolute atomic E-state index is 0.275. The van der Waals surface area contributed by atoms with Crippen molar-refractivity contribution >= 4 is 5.78 Å². The monoisotopic (exact) mass is 321 g/mol. The molecule has 1 unspecified atom stereocenters. The molecule has 1 aliphatic carbocycles. The molecule has 0 fully saturated rings. The first-order chi connectivity index (χ1) is 11.7. The quantitative estimate of drug-likeness (QED) is 0.847. The van der Waals surface area contributed by atoms with Crippen molar-refractivity contribution in [2.45, 2.75) is 38.3 Å². The van der Waals surface area contributed by atoms with Gasteiger partial charge in [0.15, 0.2) is 5.78 Å². The van der Waals surface area contributed by atoms with Gasteiger partial charge in [0.1, 0.15) is 5.75 Å². The lowest BCUT2D eigenvalue weighted by Gasteiger charge is -2.27. The third-order valence-corrected chi connectivity index (χ3v) is 5.42. The molecular weight excluding hydrogens is 298 g/mol. The Hall–Kier alpha value is -2.13. The number of carbonyl (C=O) groups excluding carboxylic acids is 1. The largest absolute Gasteiger partial charge is 0.497 e. The van der Waals surface area contributed by atoms with Crippen LogP contribution in [0.2, 0.25) is 0 Å². The Kier molecular flexibility index (Phi) is 4.11. The summed E-state index contributed by atoms with van der Waals surface area (Å²) in [5.41, 5.74) is 5.00. The van der Waals surface area contributed by atoms with Crippen molar-refractivity contribution in [1.29, 1.82) is 0 Å². The fourth-order valence-corrected chi connectivity index (χ4v) is 4.06. The zero-order chi connectivity index (χ0) is 16.5. The predicted octanol–water partition coefficient (Wildman–Crippen LogP) is 4.16. The average molecular weight is 321 g/mol. The Morgan fingerprint density at radius 2 is 1.88 bits per heavy atom. The van der Waals surface area contributed by atoms with Crippen molar-refractivity contribution in [2.24, 2.45) is 0 Å². The number of ketones is 1. The van der Waals surface area contributed by atoms with Gasteiger partial charge in [-0.15, -0.1) is 0 Å². The number of methoxy groups -OCH3 is 1. The molecule has 1 aliphatic heterocycles.